The molecular formula is C23H39Cl3N12O4. The minimum absolute atomic E-state index is 0. The average Bonchev–Trinajstić information content (AvgIpc) is 2.76. The van der Waals surface area contributed by atoms with E-state index in [9.17, 15) is 9.59 Å². The normalized spacial score (nSPS) is 14.7. The van der Waals surface area contributed by atoms with Gasteiger partial charge in [-0.05, 0) is 53.1 Å². The second-order valence-electron chi connectivity index (χ2n) is 10.8. The predicted molar refractivity (Wildman–Crippen MR) is 162 cm³/mol. The van der Waals surface area contributed by atoms with Crippen LogP contribution in [0.3, 0.4) is 0 Å². The van der Waals surface area contributed by atoms with Gasteiger partial charge in [0.05, 0.1) is 12.1 Å². The molecule has 42 heavy (non-hydrogen) atoms. The van der Waals surface area contributed by atoms with Crippen molar-refractivity contribution in [3.05, 3.63) is 15.6 Å². The van der Waals surface area contributed by atoms with Gasteiger partial charge in [-0.2, -0.15) is 9.97 Å². The molecule has 2 fully saturated rings. The highest BCUT2D eigenvalue weighted by molar-refractivity contribution is 6.32. The van der Waals surface area contributed by atoms with Gasteiger partial charge in [-0.3, -0.25) is 0 Å². The molecule has 0 aliphatic carbocycles. The second kappa shape index (κ2) is 15.9. The Morgan fingerprint density at radius 3 is 1.64 bits per heavy atom. The minimum Gasteiger partial charge on any atom is -0.444 e. The van der Waals surface area contributed by atoms with Crippen molar-refractivity contribution in [2.75, 3.05) is 42.5 Å². The molecule has 16 nitrogen and oxygen atoms in total. The molecule has 0 unspecified atom stereocenters. The molecule has 0 aromatic carbocycles. The van der Waals surface area contributed by atoms with Crippen molar-refractivity contribution in [1.29, 1.82) is 0 Å². The number of carbonyl (C=O) groups excluding carboxylic acids is 2. The molecule has 0 saturated carbocycles. The number of rotatable bonds is 3. The van der Waals surface area contributed by atoms with E-state index in [1.165, 1.54) is 0 Å². The molecule has 2 aliphatic rings. The van der Waals surface area contributed by atoms with Crippen molar-refractivity contribution in [2.24, 2.45) is 0 Å². The van der Waals surface area contributed by atoms with Crippen molar-refractivity contribution >= 4 is 64.6 Å². The molecule has 0 spiro atoms. The fourth-order valence-corrected chi connectivity index (χ4v) is 3.12. The van der Waals surface area contributed by atoms with Crippen molar-refractivity contribution < 1.29 is 19.1 Å². The van der Waals surface area contributed by atoms with Gasteiger partial charge >= 0.3 is 12.2 Å². The van der Waals surface area contributed by atoms with Crippen LogP contribution in [0.5, 0.6) is 0 Å². The number of anilines is 3. The number of carbonyl (C=O) groups is 2. The van der Waals surface area contributed by atoms with Crippen LogP contribution in [-0.2, 0) is 9.47 Å². The summed E-state index contributed by atoms with van der Waals surface area (Å²) < 4.78 is 10.2. The molecule has 4 heterocycles. The quantitative estimate of drug-likeness (QED) is 0.321. The number of ether oxygens (including phenoxy) is 2. The van der Waals surface area contributed by atoms with E-state index in [0.29, 0.717) is 19.0 Å². The zero-order valence-electron chi connectivity index (χ0n) is 23.5. The average molecular weight is 654 g/mol. The van der Waals surface area contributed by atoms with Gasteiger partial charge in [0.1, 0.15) is 11.2 Å². The molecule has 19 heteroatoms. The van der Waals surface area contributed by atoms with Gasteiger partial charge in [-0.1, -0.05) is 30.6 Å². The Morgan fingerprint density at radius 1 is 0.810 bits per heavy atom. The topological polar surface area (TPSA) is 221 Å². The first-order valence-corrected chi connectivity index (χ1v) is 13.5. The van der Waals surface area contributed by atoms with Gasteiger partial charge in [0.2, 0.25) is 11.2 Å². The van der Waals surface area contributed by atoms with Crippen molar-refractivity contribution in [2.45, 2.75) is 72.3 Å². The number of nitrogen functional groups attached to an aromatic ring is 2. The number of nitrogens with one attached hydrogen (secondary N) is 3. The van der Waals surface area contributed by atoms with Crippen LogP contribution in [-0.4, -0.2) is 92.0 Å². The Balaban J connectivity index is 0.000000342. The number of nitrogens with zero attached hydrogens (tertiary/aromatic N) is 7. The standard InChI is InChI=1S/C11H17ClN6O2.C8H16N2O2.C3H2Cl2N4.CH4/c1-11(2,3)20-10(19)14-6-4-18(5-6)9-15-8(13)7(12)16-17-9;1-8(2,3)12-7(11)10-6-4-9-5-6;4-1-2(6)7-3(5)9-8-1;/h6H,4-5H2,1-3H3,(H,14,19)(H2,13,15,17);6,9H,4-5H2,1-3H3,(H,10,11);(H2,6,7,9);1H4. The number of hydrogen-bond acceptors (Lipinski definition) is 14. The highest BCUT2D eigenvalue weighted by Gasteiger charge is 2.32. The first-order chi connectivity index (χ1) is 18.9. The number of hydrogen-bond donors (Lipinski definition) is 5. The fraction of sp³-hybridized carbons (Fsp3) is 0.652. The van der Waals surface area contributed by atoms with E-state index in [4.69, 9.17) is 55.7 Å². The summed E-state index contributed by atoms with van der Waals surface area (Å²) in [6.45, 7) is 13.8. The van der Waals surface area contributed by atoms with Crippen molar-refractivity contribution in [3.63, 3.8) is 0 Å². The summed E-state index contributed by atoms with van der Waals surface area (Å²) >= 11 is 16.3. The van der Waals surface area contributed by atoms with Crippen molar-refractivity contribution in [1.82, 2.24) is 46.3 Å². The lowest BCUT2D eigenvalue weighted by molar-refractivity contribution is 0.0479. The van der Waals surface area contributed by atoms with E-state index in [2.05, 4.69) is 46.3 Å². The van der Waals surface area contributed by atoms with E-state index in [1.807, 2.05) is 46.4 Å². The number of alkyl carbamates (subject to hydrolysis) is 2. The zero-order valence-corrected chi connectivity index (χ0v) is 25.8. The van der Waals surface area contributed by atoms with Crippen LogP contribution in [0.15, 0.2) is 0 Å². The van der Waals surface area contributed by atoms with Crippen LogP contribution < -0.4 is 32.3 Å². The highest BCUT2D eigenvalue weighted by atomic mass is 35.5. The Labute approximate surface area is 260 Å². The van der Waals surface area contributed by atoms with E-state index in [-0.39, 0.29) is 52.8 Å². The molecule has 4 rings (SSSR count). The summed E-state index contributed by atoms with van der Waals surface area (Å²) in [6, 6.07) is 0.241. The van der Waals surface area contributed by atoms with Gasteiger partial charge in [0.15, 0.2) is 21.9 Å². The van der Waals surface area contributed by atoms with Gasteiger partial charge < -0.3 is 41.8 Å². The maximum absolute atomic E-state index is 11.6. The maximum Gasteiger partial charge on any atom is 0.407 e. The first kappa shape index (κ1) is 36.8. The first-order valence-electron chi connectivity index (χ1n) is 12.3. The van der Waals surface area contributed by atoms with Crippen LogP contribution in [0.25, 0.3) is 0 Å². The summed E-state index contributed by atoms with van der Waals surface area (Å²) in [6.07, 6.45) is -0.759. The molecule has 7 N–H and O–H groups in total. The van der Waals surface area contributed by atoms with Gasteiger partial charge in [0.25, 0.3) is 0 Å². The zero-order chi connectivity index (χ0) is 31.0. The lowest BCUT2D eigenvalue weighted by atomic mass is 10.1. The molecular weight excluding hydrogens is 615 g/mol. The maximum atomic E-state index is 11.6. The number of halogens is 3. The Kier molecular flexibility index (Phi) is 13.9. The summed E-state index contributed by atoms with van der Waals surface area (Å²) in [5.74, 6) is 0.631. The molecule has 2 aliphatic heterocycles. The van der Waals surface area contributed by atoms with Gasteiger partial charge in [-0.15, -0.1) is 20.4 Å². The van der Waals surface area contributed by atoms with Crippen molar-refractivity contribution in [3.8, 4) is 0 Å². The second-order valence-corrected chi connectivity index (χ2v) is 11.8. The summed E-state index contributed by atoms with van der Waals surface area (Å²) in [7, 11) is 0. The van der Waals surface area contributed by atoms with E-state index >= 15 is 0 Å². The monoisotopic (exact) mass is 652 g/mol. The molecule has 2 amide bonds. The third kappa shape index (κ3) is 13.6. The Hall–Kier alpha value is -3.21. The van der Waals surface area contributed by atoms with E-state index in [1.54, 1.807) is 0 Å². The van der Waals surface area contributed by atoms with E-state index < -0.39 is 17.3 Å². The Morgan fingerprint density at radius 2 is 1.26 bits per heavy atom. The van der Waals surface area contributed by atoms with Crippen LogP contribution in [0, 0.1) is 0 Å². The van der Waals surface area contributed by atoms with Gasteiger partial charge in [-0.25, -0.2) is 9.59 Å². The SMILES string of the molecule is C.CC(C)(C)OC(=O)NC1CN(c2nnc(Cl)c(N)n2)C1.CC(C)(C)OC(=O)NC1CNC1.Nc1nc(Cl)nnc1Cl. The van der Waals surface area contributed by atoms with Crippen LogP contribution in [0.1, 0.15) is 49.0 Å². The third-order valence-electron chi connectivity index (χ3n) is 4.69. The van der Waals surface area contributed by atoms with E-state index in [0.717, 1.165) is 13.1 Å². The summed E-state index contributed by atoms with van der Waals surface area (Å²) in [4.78, 5) is 32.0. The molecule has 0 atom stereocenters. The highest BCUT2D eigenvalue weighted by Crippen LogP contribution is 2.20. The lowest BCUT2D eigenvalue weighted by Gasteiger charge is -2.39. The molecule has 236 valence electrons. The fourth-order valence-electron chi connectivity index (χ4n) is 2.83. The molecule has 2 aromatic heterocycles. The van der Waals surface area contributed by atoms with Crippen LogP contribution in [0.2, 0.25) is 15.6 Å². The number of aromatic nitrogens is 6. The smallest absolute Gasteiger partial charge is 0.407 e. The molecule has 0 bridgehead atoms. The largest absolute Gasteiger partial charge is 0.444 e. The van der Waals surface area contributed by atoms with Crippen LogP contribution >= 0.6 is 34.8 Å². The van der Waals surface area contributed by atoms with Gasteiger partial charge in [0, 0.05) is 26.2 Å². The lowest BCUT2D eigenvalue weighted by Crippen LogP contribution is -2.60. The third-order valence-corrected chi connectivity index (χ3v) is 5.39. The summed E-state index contributed by atoms with van der Waals surface area (Å²) in [5.41, 5.74) is 9.84. The predicted octanol–water partition coefficient (Wildman–Crippen LogP) is 2.70. The Bertz CT molecular complexity index is 1190. The minimum atomic E-state index is -0.509. The number of amides is 2. The molecule has 0 radical (unpaired) electrons. The summed E-state index contributed by atoms with van der Waals surface area (Å²) in [5, 5.41) is 23.0. The number of nitrogens with two attached hydrogens (primary N) is 2. The van der Waals surface area contributed by atoms with Crippen LogP contribution in [0.4, 0.5) is 27.2 Å². The molecule has 2 saturated heterocycles. The molecule has 2 aromatic rings.